The second-order valence-corrected chi connectivity index (χ2v) is 8.16. The first kappa shape index (κ1) is 18.9. The highest BCUT2D eigenvalue weighted by molar-refractivity contribution is 7.92. The number of sulfonamides is 1. The molecule has 0 aliphatic carbocycles. The van der Waals surface area contributed by atoms with Crippen molar-refractivity contribution in [1.82, 2.24) is 5.32 Å². The molecule has 0 spiro atoms. The molecule has 0 saturated carbocycles. The van der Waals surface area contributed by atoms with Crippen molar-refractivity contribution >= 4 is 33.2 Å². The Morgan fingerprint density at radius 2 is 1.96 bits per heavy atom. The van der Waals surface area contributed by atoms with Gasteiger partial charge in [0, 0.05) is 11.7 Å². The molecule has 0 aromatic heterocycles. The van der Waals surface area contributed by atoms with Crippen LogP contribution in [0.1, 0.15) is 36.2 Å². The fourth-order valence-corrected chi connectivity index (χ4v) is 3.88. The number of carbonyl (C=O) groups is 2. The molecular formula is C19H21N3O4S. The van der Waals surface area contributed by atoms with Crippen LogP contribution in [0.25, 0.3) is 0 Å². The lowest BCUT2D eigenvalue weighted by Crippen LogP contribution is -2.32. The summed E-state index contributed by atoms with van der Waals surface area (Å²) < 4.78 is 28.1. The van der Waals surface area contributed by atoms with Gasteiger partial charge in [0.2, 0.25) is 5.91 Å². The third-order valence-corrected chi connectivity index (χ3v) is 5.78. The molecule has 2 amide bonds. The summed E-state index contributed by atoms with van der Waals surface area (Å²) in [6, 6.07) is 10.9. The van der Waals surface area contributed by atoms with E-state index < -0.39 is 10.0 Å². The largest absolute Gasteiger partial charge is 0.350 e. The third kappa shape index (κ3) is 4.11. The number of benzene rings is 2. The Morgan fingerprint density at radius 3 is 2.70 bits per heavy atom. The summed E-state index contributed by atoms with van der Waals surface area (Å²) in [6.07, 6.45) is 0.911. The Balaban J connectivity index is 1.88. The zero-order valence-electron chi connectivity index (χ0n) is 15.1. The van der Waals surface area contributed by atoms with E-state index >= 15 is 0 Å². The number of hydrogen-bond donors (Lipinski definition) is 3. The van der Waals surface area contributed by atoms with E-state index in [1.807, 2.05) is 13.8 Å². The minimum Gasteiger partial charge on any atom is -0.350 e. The van der Waals surface area contributed by atoms with Crippen LogP contribution in [0.15, 0.2) is 47.4 Å². The van der Waals surface area contributed by atoms with Gasteiger partial charge in [-0.1, -0.05) is 19.1 Å². The molecule has 3 N–H and O–H groups in total. The highest BCUT2D eigenvalue weighted by atomic mass is 32.2. The molecule has 1 atom stereocenters. The van der Waals surface area contributed by atoms with Crippen molar-refractivity contribution < 1.29 is 18.0 Å². The Hall–Kier alpha value is -2.87. The van der Waals surface area contributed by atoms with Gasteiger partial charge in [-0.05, 0) is 49.2 Å². The molecule has 1 unspecified atom stereocenters. The molecule has 7 nitrogen and oxygen atoms in total. The second kappa shape index (κ2) is 7.40. The van der Waals surface area contributed by atoms with Crippen LogP contribution in [0.3, 0.4) is 0 Å². The zero-order valence-corrected chi connectivity index (χ0v) is 15.9. The van der Waals surface area contributed by atoms with Crippen molar-refractivity contribution in [2.45, 2.75) is 37.6 Å². The highest BCUT2D eigenvalue weighted by Crippen LogP contribution is 2.27. The number of hydrogen-bond acceptors (Lipinski definition) is 4. The van der Waals surface area contributed by atoms with Crippen LogP contribution < -0.4 is 15.4 Å². The number of anilines is 2. The van der Waals surface area contributed by atoms with E-state index in [1.54, 1.807) is 30.3 Å². The first-order valence-corrected chi connectivity index (χ1v) is 10.1. The summed E-state index contributed by atoms with van der Waals surface area (Å²) in [4.78, 5) is 24.0. The Bertz CT molecular complexity index is 1000. The lowest BCUT2D eigenvalue weighted by atomic mass is 10.1. The SMILES string of the molecule is CCC(C)NC(=O)c1ccccc1NS(=O)(=O)c1ccc2c(c1)CC(=O)N2. The van der Waals surface area contributed by atoms with Gasteiger partial charge >= 0.3 is 0 Å². The maximum atomic E-state index is 12.8. The summed E-state index contributed by atoms with van der Waals surface area (Å²) >= 11 is 0. The van der Waals surface area contributed by atoms with E-state index in [1.165, 1.54) is 12.1 Å². The van der Waals surface area contributed by atoms with E-state index in [0.717, 1.165) is 6.42 Å². The van der Waals surface area contributed by atoms with Crippen molar-refractivity contribution in [3.05, 3.63) is 53.6 Å². The number of para-hydroxylation sites is 1. The van der Waals surface area contributed by atoms with Crippen LogP contribution in [0.2, 0.25) is 0 Å². The fraction of sp³-hybridized carbons (Fsp3) is 0.263. The molecule has 3 rings (SSSR count). The topological polar surface area (TPSA) is 104 Å². The van der Waals surface area contributed by atoms with E-state index in [0.29, 0.717) is 11.3 Å². The lowest BCUT2D eigenvalue weighted by Gasteiger charge is -2.15. The molecule has 0 bridgehead atoms. The number of amides is 2. The predicted octanol–water partition coefficient (Wildman–Crippen LogP) is 2.51. The zero-order chi connectivity index (χ0) is 19.6. The van der Waals surface area contributed by atoms with Crippen LogP contribution in [-0.2, 0) is 21.2 Å². The monoisotopic (exact) mass is 387 g/mol. The van der Waals surface area contributed by atoms with Gasteiger partial charge in [0.15, 0.2) is 0 Å². The molecule has 0 saturated heterocycles. The summed E-state index contributed by atoms with van der Waals surface area (Å²) in [5.74, 6) is -0.508. The second-order valence-electron chi connectivity index (χ2n) is 6.48. The Kier molecular flexibility index (Phi) is 5.18. The van der Waals surface area contributed by atoms with Crippen LogP contribution in [0.4, 0.5) is 11.4 Å². The number of rotatable bonds is 6. The van der Waals surface area contributed by atoms with Crippen molar-refractivity contribution in [1.29, 1.82) is 0 Å². The maximum absolute atomic E-state index is 12.8. The summed E-state index contributed by atoms with van der Waals surface area (Å²) in [6.45, 7) is 3.83. The van der Waals surface area contributed by atoms with Crippen molar-refractivity contribution in [2.75, 3.05) is 10.0 Å². The molecule has 0 radical (unpaired) electrons. The van der Waals surface area contributed by atoms with E-state index in [-0.39, 0.29) is 40.4 Å². The predicted molar refractivity (Wildman–Crippen MR) is 103 cm³/mol. The summed E-state index contributed by atoms with van der Waals surface area (Å²) in [5, 5.41) is 5.50. The van der Waals surface area contributed by atoms with Gasteiger partial charge in [-0.25, -0.2) is 8.42 Å². The normalized spacial score (nSPS) is 14.2. The molecule has 142 valence electrons. The van der Waals surface area contributed by atoms with Crippen molar-refractivity contribution in [3.63, 3.8) is 0 Å². The van der Waals surface area contributed by atoms with Crippen molar-refractivity contribution in [3.8, 4) is 0 Å². The quantitative estimate of drug-likeness (QED) is 0.708. The molecular weight excluding hydrogens is 366 g/mol. The molecule has 1 heterocycles. The molecule has 27 heavy (non-hydrogen) atoms. The standard InChI is InChI=1S/C19H21N3O4S/c1-3-12(2)20-19(24)15-6-4-5-7-17(15)22-27(25,26)14-8-9-16-13(10-14)11-18(23)21-16/h4-10,12,22H,3,11H2,1-2H3,(H,20,24)(H,21,23). The minimum atomic E-state index is -3.91. The molecule has 8 heteroatoms. The Labute approximate surface area is 158 Å². The average Bonchev–Trinajstić information content (AvgIpc) is 3.00. The van der Waals surface area contributed by atoms with Gasteiger partial charge in [-0.15, -0.1) is 0 Å². The molecule has 2 aromatic rings. The summed E-state index contributed by atoms with van der Waals surface area (Å²) in [7, 11) is -3.91. The van der Waals surface area contributed by atoms with Gasteiger partial charge in [0.25, 0.3) is 15.9 Å². The third-order valence-electron chi connectivity index (χ3n) is 4.42. The van der Waals surface area contributed by atoms with Gasteiger partial charge in [-0.2, -0.15) is 0 Å². The molecule has 2 aromatic carbocycles. The smallest absolute Gasteiger partial charge is 0.261 e. The van der Waals surface area contributed by atoms with E-state index in [9.17, 15) is 18.0 Å². The van der Waals surface area contributed by atoms with Crippen molar-refractivity contribution in [2.24, 2.45) is 0 Å². The lowest BCUT2D eigenvalue weighted by molar-refractivity contribution is -0.115. The van der Waals surface area contributed by atoms with Crippen LogP contribution in [-0.4, -0.2) is 26.3 Å². The van der Waals surface area contributed by atoms with Gasteiger partial charge in [0.05, 0.1) is 22.6 Å². The Morgan fingerprint density at radius 1 is 1.22 bits per heavy atom. The maximum Gasteiger partial charge on any atom is 0.261 e. The first-order chi connectivity index (χ1) is 12.8. The molecule has 0 fully saturated rings. The average molecular weight is 387 g/mol. The minimum absolute atomic E-state index is 0.0242. The molecule has 1 aliphatic heterocycles. The van der Waals surface area contributed by atoms with Gasteiger partial charge in [-0.3, -0.25) is 14.3 Å². The van der Waals surface area contributed by atoms with Gasteiger partial charge < -0.3 is 10.6 Å². The fourth-order valence-electron chi connectivity index (χ4n) is 2.75. The van der Waals surface area contributed by atoms with Crippen LogP contribution in [0.5, 0.6) is 0 Å². The number of fused-ring (bicyclic) bond motifs is 1. The summed E-state index contributed by atoms with van der Waals surface area (Å²) in [5.41, 5.74) is 1.70. The number of nitrogens with one attached hydrogen (secondary N) is 3. The van der Waals surface area contributed by atoms with Crippen LogP contribution in [0, 0.1) is 0 Å². The van der Waals surface area contributed by atoms with Crippen LogP contribution >= 0.6 is 0 Å². The number of carbonyl (C=O) groups excluding carboxylic acids is 2. The van der Waals surface area contributed by atoms with E-state index in [2.05, 4.69) is 15.4 Å². The molecule has 1 aliphatic rings. The van der Waals surface area contributed by atoms with E-state index in [4.69, 9.17) is 0 Å². The van der Waals surface area contributed by atoms with Gasteiger partial charge in [0.1, 0.15) is 0 Å². The first-order valence-electron chi connectivity index (χ1n) is 8.65. The highest BCUT2D eigenvalue weighted by Gasteiger charge is 2.23.